The molecule has 2 aromatic carbocycles. The second-order valence-corrected chi connectivity index (χ2v) is 4.76. The van der Waals surface area contributed by atoms with Gasteiger partial charge in [0.2, 0.25) is 0 Å². The lowest BCUT2D eigenvalue weighted by atomic mass is 10.1. The van der Waals surface area contributed by atoms with Crippen LogP contribution < -0.4 is 10.1 Å². The Labute approximate surface area is 123 Å². The Morgan fingerprint density at radius 3 is 2.57 bits per heavy atom. The normalized spacial score (nSPS) is 12.2. The third-order valence-corrected chi connectivity index (χ3v) is 3.46. The van der Waals surface area contributed by atoms with Gasteiger partial charge in [0.15, 0.2) is 11.6 Å². The van der Waals surface area contributed by atoms with E-state index in [9.17, 15) is 8.78 Å². The molecular weight excluding hydrogens is 272 g/mol. The van der Waals surface area contributed by atoms with Gasteiger partial charge in [0.05, 0.1) is 6.04 Å². The van der Waals surface area contributed by atoms with Crippen molar-refractivity contribution in [1.82, 2.24) is 5.32 Å². The summed E-state index contributed by atoms with van der Waals surface area (Å²) in [6.07, 6.45) is 0.856. The van der Waals surface area contributed by atoms with Gasteiger partial charge in [0.1, 0.15) is 12.4 Å². The predicted molar refractivity (Wildman–Crippen MR) is 79.5 cm³/mol. The number of halogens is 2. The molecule has 0 saturated heterocycles. The van der Waals surface area contributed by atoms with Crippen LogP contribution in [0.25, 0.3) is 0 Å². The highest BCUT2D eigenvalue weighted by Gasteiger charge is 2.17. The Morgan fingerprint density at radius 1 is 1.10 bits per heavy atom. The SMILES string of the molecule is CCc1ccccc1OCC(NC)c1cccc(F)c1F. The van der Waals surface area contributed by atoms with E-state index in [0.29, 0.717) is 0 Å². The zero-order chi connectivity index (χ0) is 15.2. The van der Waals surface area contributed by atoms with Gasteiger partial charge in [0.25, 0.3) is 0 Å². The zero-order valence-corrected chi connectivity index (χ0v) is 12.2. The summed E-state index contributed by atoms with van der Waals surface area (Å²) in [6, 6.07) is 11.5. The highest BCUT2D eigenvalue weighted by atomic mass is 19.2. The molecule has 1 unspecified atom stereocenters. The van der Waals surface area contributed by atoms with Gasteiger partial charge < -0.3 is 10.1 Å². The number of hydrogen-bond acceptors (Lipinski definition) is 2. The Bertz CT molecular complexity index is 601. The van der Waals surface area contributed by atoms with Gasteiger partial charge in [-0.15, -0.1) is 0 Å². The lowest BCUT2D eigenvalue weighted by Crippen LogP contribution is -2.25. The molecule has 2 nitrogen and oxygen atoms in total. The van der Waals surface area contributed by atoms with Gasteiger partial charge in [0, 0.05) is 5.56 Å². The lowest BCUT2D eigenvalue weighted by molar-refractivity contribution is 0.266. The fraction of sp³-hybridized carbons (Fsp3) is 0.294. The van der Waals surface area contributed by atoms with E-state index in [1.165, 1.54) is 6.07 Å². The van der Waals surface area contributed by atoms with Crippen LogP contribution in [-0.2, 0) is 6.42 Å². The largest absolute Gasteiger partial charge is 0.491 e. The van der Waals surface area contributed by atoms with Crippen molar-refractivity contribution in [2.75, 3.05) is 13.7 Å². The van der Waals surface area contributed by atoms with E-state index in [4.69, 9.17) is 4.74 Å². The summed E-state index contributed by atoms with van der Waals surface area (Å²) in [7, 11) is 1.70. The van der Waals surface area contributed by atoms with Gasteiger partial charge >= 0.3 is 0 Å². The molecule has 1 N–H and O–H groups in total. The first-order valence-corrected chi connectivity index (χ1v) is 6.99. The molecule has 112 valence electrons. The summed E-state index contributed by atoms with van der Waals surface area (Å²) in [4.78, 5) is 0. The number of hydrogen-bond donors (Lipinski definition) is 1. The first-order chi connectivity index (χ1) is 10.2. The van der Waals surface area contributed by atoms with E-state index < -0.39 is 17.7 Å². The molecule has 0 heterocycles. The van der Waals surface area contributed by atoms with Crippen molar-refractivity contribution in [3.63, 3.8) is 0 Å². The molecule has 0 spiro atoms. The second kappa shape index (κ2) is 7.18. The van der Waals surface area contributed by atoms with Crippen LogP contribution in [-0.4, -0.2) is 13.7 Å². The fourth-order valence-corrected chi connectivity index (χ4v) is 2.23. The van der Waals surface area contributed by atoms with Crippen molar-refractivity contribution < 1.29 is 13.5 Å². The minimum Gasteiger partial charge on any atom is -0.491 e. The third-order valence-electron chi connectivity index (χ3n) is 3.46. The van der Waals surface area contributed by atoms with Gasteiger partial charge in [-0.3, -0.25) is 0 Å². The van der Waals surface area contributed by atoms with Gasteiger partial charge in [-0.1, -0.05) is 37.3 Å². The van der Waals surface area contributed by atoms with Crippen molar-refractivity contribution in [1.29, 1.82) is 0 Å². The predicted octanol–water partition coefficient (Wildman–Crippen LogP) is 3.87. The maximum absolute atomic E-state index is 13.8. The number of nitrogens with one attached hydrogen (secondary N) is 1. The zero-order valence-electron chi connectivity index (χ0n) is 12.2. The first kappa shape index (κ1) is 15.4. The molecule has 0 aromatic heterocycles. The molecular formula is C17H19F2NO. The van der Waals surface area contributed by atoms with Gasteiger partial charge in [-0.05, 0) is 31.2 Å². The summed E-state index contributed by atoms with van der Waals surface area (Å²) >= 11 is 0. The van der Waals surface area contributed by atoms with E-state index in [0.717, 1.165) is 23.8 Å². The molecule has 0 aliphatic rings. The molecule has 0 aliphatic carbocycles. The number of aryl methyl sites for hydroxylation is 1. The maximum atomic E-state index is 13.8. The van der Waals surface area contributed by atoms with E-state index >= 15 is 0 Å². The quantitative estimate of drug-likeness (QED) is 0.872. The van der Waals surface area contributed by atoms with E-state index in [2.05, 4.69) is 5.32 Å². The molecule has 0 radical (unpaired) electrons. The molecule has 21 heavy (non-hydrogen) atoms. The van der Waals surface area contributed by atoms with Crippen LogP contribution in [0.15, 0.2) is 42.5 Å². The van der Waals surface area contributed by atoms with Crippen molar-refractivity contribution in [2.24, 2.45) is 0 Å². The van der Waals surface area contributed by atoms with E-state index in [-0.39, 0.29) is 12.2 Å². The number of benzene rings is 2. The number of likely N-dealkylation sites (N-methyl/N-ethyl adjacent to an activating group) is 1. The highest BCUT2D eigenvalue weighted by Crippen LogP contribution is 2.23. The minimum atomic E-state index is -0.846. The van der Waals surface area contributed by atoms with Gasteiger partial charge in [-0.25, -0.2) is 8.78 Å². The molecule has 1 atom stereocenters. The van der Waals surface area contributed by atoms with Crippen LogP contribution in [0.2, 0.25) is 0 Å². The Morgan fingerprint density at radius 2 is 1.86 bits per heavy atom. The summed E-state index contributed by atoms with van der Waals surface area (Å²) < 4.78 is 32.9. The van der Waals surface area contributed by atoms with Crippen LogP contribution in [0.5, 0.6) is 5.75 Å². The Kier molecular flexibility index (Phi) is 5.28. The Hall–Kier alpha value is -1.94. The molecule has 0 fully saturated rings. The first-order valence-electron chi connectivity index (χ1n) is 6.99. The van der Waals surface area contributed by atoms with Gasteiger partial charge in [-0.2, -0.15) is 0 Å². The van der Waals surface area contributed by atoms with Crippen LogP contribution in [0, 0.1) is 11.6 Å². The number of para-hydroxylation sites is 1. The van der Waals surface area contributed by atoms with Crippen LogP contribution in [0.3, 0.4) is 0 Å². The Balaban J connectivity index is 2.14. The third kappa shape index (κ3) is 3.58. The minimum absolute atomic E-state index is 0.230. The second-order valence-electron chi connectivity index (χ2n) is 4.76. The summed E-state index contributed by atoms with van der Waals surface area (Å²) in [5.74, 6) is -0.900. The van der Waals surface area contributed by atoms with Crippen molar-refractivity contribution >= 4 is 0 Å². The van der Waals surface area contributed by atoms with E-state index in [1.54, 1.807) is 13.1 Å². The number of rotatable bonds is 6. The average molecular weight is 291 g/mol. The highest BCUT2D eigenvalue weighted by molar-refractivity contribution is 5.33. The fourth-order valence-electron chi connectivity index (χ4n) is 2.23. The molecule has 0 saturated carbocycles. The van der Waals surface area contributed by atoms with Crippen molar-refractivity contribution in [3.05, 3.63) is 65.2 Å². The standard InChI is InChI=1S/C17H19F2NO/c1-3-12-7-4-5-10-16(12)21-11-15(20-2)13-8-6-9-14(18)17(13)19/h4-10,15,20H,3,11H2,1-2H3. The molecule has 0 amide bonds. The summed E-state index contributed by atoms with van der Waals surface area (Å²) in [6.45, 7) is 2.28. The smallest absolute Gasteiger partial charge is 0.163 e. The molecule has 0 bridgehead atoms. The summed E-state index contributed by atoms with van der Waals surface area (Å²) in [5, 5.41) is 2.96. The monoisotopic (exact) mass is 291 g/mol. The molecule has 4 heteroatoms. The molecule has 2 rings (SSSR count). The number of ether oxygens (including phenoxy) is 1. The average Bonchev–Trinajstić information content (AvgIpc) is 2.52. The molecule has 2 aromatic rings. The maximum Gasteiger partial charge on any atom is 0.163 e. The van der Waals surface area contributed by atoms with Crippen LogP contribution in [0.4, 0.5) is 8.78 Å². The van der Waals surface area contributed by atoms with Crippen molar-refractivity contribution in [3.8, 4) is 5.75 Å². The van der Waals surface area contributed by atoms with Crippen molar-refractivity contribution in [2.45, 2.75) is 19.4 Å². The van der Waals surface area contributed by atoms with E-state index in [1.807, 2.05) is 31.2 Å². The van der Waals surface area contributed by atoms with Crippen LogP contribution >= 0.6 is 0 Å². The lowest BCUT2D eigenvalue weighted by Gasteiger charge is -2.19. The van der Waals surface area contributed by atoms with Crippen LogP contribution in [0.1, 0.15) is 24.1 Å². The molecule has 0 aliphatic heterocycles. The topological polar surface area (TPSA) is 21.3 Å². The summed E-state index contributed by atoms with van der Waals surface area (Å²) in [5.41, 5.74) is 1.36.